The number of carbonyl (C=O) groups excluding carboxylic acids is 2. The van der Waals surface area contributed by atoms with Crippen LogP contribution < -0.4 is 0 Å². The SMILES string of the molecule is Cc1nn(-c2ccccc2)c(C)c1C(=O)OCC(=O)N1C[C@H](C)C[C@H](C)C1. The van der Waals surface area contributed by atoms with E-state index in [4.69, 9.17) is 4.74 Å². The molecule has 1 amide bonds. The van der Waals surface area contributed by atoms with Gasteiger partial charge in [0.15, 0.2) is 6.61 Å². The number of nitrogens with zero attached hydrogens (tertiary/aromatic N) is 3. The summed E-state index contributed by atoms with van der Waals surface area (Å²) in [7, 11) is 0. The molecule has 1 saturated heterocycles. The fourth-order valence-electron chi connectivity index (χ4n) is 3.92. The van der Waals surface area contributed by atoms with Crippen LogP contribution in [-0.2, 0) is 9.53 Å². The van der Waals surface area contributed by atoms with Crippen molar-refractivity contribution in [1.29, 1.82) is 0 Å². The zero-order chi connectivity index (χ0) is 19.6. The minimum atomic E-state index is -0.501. The van der Waals surface area contributed by atoms with Crippen LogP contribution >= 0.6 is 0 Å². The number of ether oxygens (including phenoxy) is 1. The highest BCUT2D eigenvalue weighted by Crippen LogP contribution is 2.22. The van der Waals surface area contributed by atoms with Gasteiger partial charge in [-0.2, -0.15) is 5.10 Å². The van der Waals surface area contributed by atoms with E-state index in [1.807, 2.05) is 37.3 Å². The molecule has 3 rings (SSSR count). The van der Waals surface area contributed by atoms with E-state index in [1.165, 1.54) is 0 Å². The maximum atomic E-state index is 12.6. The molecule has 1 aromatic carbocycles. The number of aryl methyl sites for hydroxylation is 1. The molecule has 2 atom stereocenters. The Balaban J connectivity index is 1.68. The highest BCUT2D eigenvalue weighted by Gasteiger charge is 2.27. The summed E-state index contributed by atoms with van der Waals surface area (Å²) in [5, 5.41) is 4.46. The Morgan fingerprint density at radius 3 is 2.37 bits per heavy atom. The second-order valence-corrected chi connectivity index (χ2v) is 7.61. The Hall–Kier alpha value is -2.63. The second kappa shape index (κ2) is 7.94. The lowest BCUT2D eigenvalue weighted by atomic mass is 9.92. The van der Waals surface area contributed by atoms with E-state index in [1.54, 1.807) is 16.5 Å². The number of amides is 1. The lowest BCUT2D eigenvalue weighted by Gasteiger charge is -2.34. The van der Waals surface area contributed by atoms with E-state index in [0.717, 1.165) is 25.2 Å². The summed E-state index contributed by atoms with van der Waals surface area (Å²) in [6.07, 6.45) is 1.13. The minimum Gasteiger partial charge on any atom is -0.452 e. The molecule has 0 bridgehead atoms. The number of hydrogen-bond donors (Lipinski definition) is 0. The van der Waals surface area contributed by atoms with Gasteiger partial charge in [0.05, 0.1) is 17.1 Å². The highest BCUT2D eigenvalue weighted by atomic mass is 16.5. The first-order chi connectivity index (χ1) is 12.9. The van der Waals surface area contributed by atoms with Gasteiger partial charge in [0.25, 0.3) is 5.91 Å². The summed E-state index contributed by atoms with van der Waals surface area (Å²) >= 11 is 0. The molecule has 1 aliphatic rings. The number of para-hydroxylation sites is 1. The molecule has 6 nitrogen and oxygen atoms in total. The monoisotopic (exact) mass is 369 g/mol. The van der Waals surface area contributed by atoms with Gasteiger partial charge in [0.2, 0.25) is 0 Å². The molecule has 1 fully saturated rings. The highest BCUT2D eigenvalue weighted by molar-refractivity contribution is 5.93. The molecule has 0 unspecified atom stereocenters. The zero-order valence-corrected chi connectivity index (χ0v) is 16.4. The van der Waals surface area contributed by atoms with E-state index in [-0.39, 0.29) is 12.5 Å². The third-order valence-corrected chi connectivity index (χ3v) is 5.04. The number of piperidine rings is 1. The number of rotatable bonds is 4. The molecule has 0 N–H and O–H groups in total. The van der Waals surface area contributed by atoms with E-state index in [9.17, 15) is 9.59 Å². The van der Waals surface area contributed by atoms with Crippen LogP contribution in [0.25, 0.3) is 5.69 Å². The van der Waals surface area contributed by atoms with Crippen LogP contribution in [0.5, 0.6) is 0 Å². The van der Waals surface area contributed by atoms with Crippen LogP contribution in [0, 0.1) is 25.7 Å². The van der Waals surface area contributed by atoms with Gasteiger partial charge in [0.1, 0.15) is 5.56 Å². The summed E-state index contributed by atoms with van der Waals surface area (Å²) in [6, 6.07) is 9.62. The van der Waals surface area contributed by atoms with E-state index < -0.39 is 5.97 Å². The number of esters is 1. The first-order valence-corrected chi connectivity index (χ1v) is 9.43. The summed E-state index contributed by atoms with van der Waals surface area (Å²) in [5.41, 5.74) is 2.60. The second-order valence-electron chi connectivity index (χ2n) is 7.61. The smallest absolute Gasteiger partial charge is 0.342 e. The fraction of sp³-hybridized carbons (Fsp3) is 0.476. The van der Waals surface area contributed by atoms with Crippen molar-refractivity contribution in [2.75, 3.05) is 19.7 Å². The van der Waals surface area contributed by atoms with Gasteiger partial charge >= 0.3 is 5.97 Å². The Morgan fingerprint density at radius 2 is 1.74 bits per heavy atom. The molecule has 6 heteroatoms. The molecule has 0 radical (unpaired) electrons. The molecule has 1 aliphatic heterocycles. The Morgan fingerprint density at radius 1 is 1.11 bits per heavy atom. The van der Waals surface area contributed by atoms with E-state index in [0.29, 0.717) is 28.8 Å². The Labute approximate surface area is 160 Å². The first kappa shape index (κ1) is 19.1. The summed E-state index contributed by atoms with van der Waals surface area (Å²) in [5.74, 6) is 0.315. The first-order valence-electron chi connectivity index (χ1n) is 9.43. The third kappa shape index (κ3) is 4.21. The van der Waals surface area contributed by atoms with Crippen LogP contribution in [-0.4, -0.2) is 46.3 Å². The average molecular weight is 369 g/mol. The van der Waals surface area contributed by atoms with Crippen LogP contribution in [0.2, 0.25) is 0 Å². The molecule has 27 heavy (non-hydrogen) atoms. The molecule has 0 aliphatic carbocycles. The van der Waals surface area contributed by atoms with Crippen molar-refractivity contribution >= 4 is 11.9 Å². The van der Waals surface area contributed by atoms with Gasteiger partial charge in [-0.3, -0.25) is 4.79 Å². The third-order valence-electron chi connectivity index (χ3n) is 5.04. The van der Waals surface area contributed by atoms with Crippen LogP contribution in [0.1, 0.15) is 42.0 Å². The van der Waals surface area contributed by atoms with Crippen molar-refractivity contribution in [3.05, 3.63) is 47.3 Å². The molecular weight excluding hydrogens is 342 g/mol. The van der Waals surface area contributed by atoms with E-state index in [2.05, 4.69) is 18.9 Å². The molecule has 2 aromatic rings. The van der Waals surface area contributed by atoms with E-state index >= 15 is 0 Å². The molecular formula is C21H27N3O3. The van der Waals surface area contributed by atoms with Gasteiger partial charge in [-0.15, -0.1) is 0 Å². The fourth-order valence-corrected chi connectivity index (χ4v) is 3.92. The lowest BCUT2D eigenvalue weighted by molar-refractivity contribution is -0.137. The van der Waals surface area contributed by atoms with Crippen molar-refractivity contribution < 1.29 is 14.3 Å². The standard InChI is InChI=1S/C21H27N3O3/c1-14-10-15(2)12-23(11-14)19(25)13-27-21(26)20-16(3)22-24(17(20)4)18-8-6-5-7-9-18/h5-9,14-15H,10-13H2,1-4H3/t14-,15+. The lowest BCUT2D eigenvalue weighted by Crippen LogP contribution is -2.44. The molecule has 0 saturated carbocycles. The van der Waals surface area contributed by atoms with Crippen LogP contribution in [0.15, 0.2) is 30.3 Å². The van der Waals surface area contributed by atoms with Gasteiger partial charge in [-0.05, 0) is 44.2 Å². The molecule has 2 heterocycles. The number of carbonyl (C=O) groups is 2. The van der Waals surface area contributed by atoms with Crippen molar-refractivity contribution in [2.24, 2.45) is 11.8 Å². The predicted molar refractivity (Wildman–Crippen MR) is 103 cm³/mol. The maximum Gasteiger partial charge on any atom is 0.342 e. The predicted octanol–water partition coefficient (Wildman–Crippen LogP) is 3.15. The number of hydrogen-bond acceptors (Lipinski definition) is 4. The van der Waals surface area contributed by atoms with Gasteiger partial charge in [-0.25, -0.2) is 9.48 Å². The summed E-state index contributed by atoms with van der Waals surface area (Å²) < 4.78 is 7.06. The zero-order valence-electron chi connectivity index (χ0n) is 16.4. The van der Waals surface area contributed by atoms with Crippen LogP contribution in [0.4, 0.5) is 0 Å². The Kier molecular flexibility index (Phi) is 5.63. The summed E-state index contributed by atoms with van der Waals surface area (Å²) in [6.45, 7) is 9.13. The Bertz CT molecular complexity index is 819. The normalized spacial score (nSPS) is 19.8. The van der Waals surface area contributed by atoms with Gasteiger partial charge in [0, 0.05) is 13.1 Å². The van der Waals surface area contributed by atoms with Crippen molar-refractivity contribution in [3.63, 3.8) is 0 Å². The molecule has 1 aromatic heterocycles. The van der Waals surface area contributed by atoms with Crippen molar-refractivity contribution in [1.82, 2.24) is 14.7 Å². The van der Waals surface area contributed by atoms with Gasteiger partial charge in [-0.1, -0.05) is 32.0 Å². The number of benzene rings is 1. The van der Waals surface area contributed by atoms with Crippen molar-refractivity contribution in [2.45, 2.75) is 34.1 Å². The quantitative estimate of drug-likeness (QED) is 0.777. The van der Waals surface area contributed by atoms with Crippen molar-refractivity contribution in [3.8, 4) is 5.69 Å². The number of aromatic nitrogens is 2. The van der Waals surface area contributed by atoms with Crippen LogP contribution in [0.3, 0.4) is 0 Å². The van der Waals surface area contributed by atoms with Gasteiger partial charge < -0.3 is 9.64 Å². The molecule has 144 valence electrons. The summed E-state index contributed by atoms with van der Waals surface area (Å²) in [4.78, 5) is 26.9. The molecule has 0 spiro atoms. The number of likely N-dealkylation sites (tertiary alicyclic amines) is 1. The largest absolute Gasteiger partial charge is 0.452 e. The average Bonchev–Trinajstić information content (AvgIpc) is 2.93. The minimum absolute atomic E-state index is 0.132. The maximum absolute atomic E-state index is 12.6. The topological polar surface area (TPSA) is 64.4 Å².